The summed E-state index contributed by atoms with van der Waals surface area (Å²) in [7, 11) is 0. The Morgan fingerprint density at radius 3 is 3.11 bits per heavy atom. The second-order valence-electron chi connectivity index (χ2n) is 8.29. The second kappa shape index (κ2) is 6.70. The first-order valence-corrected chi connectivity index (χ1v) is 10.4. The van der Waals surface area contributed by atoms with E-state index in [1.54, 1.807) is 0 Å². The molecule has 142 valence electrons. The van der Waals surface area contributed by atoms with Crippen LogP contribution in [0.2, 0.25) is 0 Å². The molecule has 2 aliphatic carbocycles. The van der Waals surface area contributed by atoms with Gasteiger partial charge in [0.25, 0.3) is 0 Å². The highest BCUT2D eigenvalue weighted by Crippen LogP contribution is 2.60. The minimum absolute atomic E-state index is 0.108. The Labute approximate surface area is 160 Å². The summed E-state index contributed by atoms with van der Waals surface area (Å²) >= 11 is 0. The third-order valence-electron chi connectivity index (χ3n) is 6.83. The molecular weight excluding hydrogens is 336 g/mol. The lowest BCUT2D eigenvalue weighted by molar-refractivity contribution is 0.165. The standard InChI is InChI=1S/C22H28N4O/c1-2-20-23-9-11-26(20)16-7-5-10-25(14-16)22(27)24-13-19-18-12-15-6-3-4-8-17(15)21(18)19/h3-4,6,8-9,11,16,18-19,21H,2,5,7,10,12-14H2,1H3,(H,24,27). The number of urea groups is 1. The van der Waals surface area contributed by atoms with Crippen molar-refractivity contribution in [2.45, 2.75) is 44.6 Å². The van der Waals surface area contributed by atoms with E-state index in [0.717, 1.165) is 50.6 Å². The van der Waals surface area contributed by atoms with Crippen LogP contribution in [0, 0.1) is 11.8 Å². The molecule has 2 amide bonds. The number of hydrogen-bond donors (Lipinski definition) is 1. The van der Waals surface area contributed by atoms with Crippen molar-refractivity contribution in [1.29, 1.82) is 0 Å². The predicted molar refractivity (Wildman–Crippen MR) is 105 cm³/mol. The number of aryl methyl sites for hydroxylation is 1. The first-order chi connectivity index (χ1) is 13.3. The maximum atomic E-state index is 12.8. The van der Waals surface area contributed by atoms with Crippen LogP contribution in [-0.4, -0.2) is 40.1 Å². The number of carbonyl (C=O) groups is 1. The number of benzene rings is 1. The van der Waals surface area contributed by atoms with E-state index in [9.17, 15) is 4.79 Å². The molecule has 0 spiro atoms. The monoisotopic (exact) mass is 364 g/mol. The normalized spacial score (nSPS) is 28.6. The summed E-state index contributed by atoms with van der Waals surface area (Å²) in [5.74, 6) is 3.17. The number of rotatable bonds is 4. The highest BCUT2D eigenvalue weighted by molar-refractivity contribution is 5.74. The SMILES string of the molecule is CCc1nccn1C1CCCN(C(=O)NCC2C3Cc4ccccc4C23)C1. The van der Waals surface area contributed by atoms with Crippen LogP contribution in [0.5, 0.6) is 0 Å². The van der Waals surface area contributed by atoms with Crippen molar-refractivity contribution in [3.63, 3.8) is 0 Å². The van der Waals surface area contributed by atoms with Crippen molar-refractivity contribution in [2.75, 3.05) is 19.6 Å². The smallest absolute Gasteiger partial charge is 0.317 e. The fourth-order valence-electron chi connectivity index (χ4n) is 5.40. The van der Waals surface area contributed by atoms with Gasteiger partial charge >= 0.3 is 6.03 Å². The van der Waals surface area contributed by atoms with Crippen LogP contribution in [0.4, 0.5) is 4.79 Å². The van der Waals surface area contributed by atoms with E-state index in [2.05, 4.69) is 52.3 Å². The molecule has 1 saturated carbocycles. The largest absolute Gasteiger partial charge is 0.338 e. The van der Waals surface area contributed by atoms with Crippen molar-refractivity contribution >= 4 is 6.03 Å². The maximum absolute atomic E-state index is 12.8. The number of piperidine rings is 1. The Kier molecular flexibility index (Phi) is 4.18. The molecule has 1 aliphatic heterocycles. The summed E-state index contributed by atoms with van der Waals surface area (Å²) in [5.41, 5.74) is 3.04. The highest BCUT2D eigenvalue weighted by atomic mass is 16.2. The average Bonchev–Trinajstić information content (AvgIpc) is 3.07. The fraction of sp³-hybridized carbons (Fsp3) is 0.545. The zero-order valence-electron chi connectivity index (χ0n) is 16.0. The van der Waals surface area contributed by atoms with Gasteiger partial charge in [0.15, 0.2) is 0 Å². The molecule has 2 heterocycles. The number of likely N-dealkylation sites (tertiary alicyclic amines) is 1. The number of nitrogens with zero attached hydrogens (tertiary/aromatic N) is 3. The van der Waals surface area contributed by atoms with Gasteiger partial charge in [0.2, 0.25) is 0 Å². The van der Waals surface area contributed by atoms with Crippen molar-refractivity contribution in [3.8, 4) is 0 Å². The lowest BCUT2D eigenvalue weighted by atomic mass is 10.0. The Bertz CT molecular complexity index is 844. The molecule has 3 aliphatic rings. The maximum Gasteiger partial charge on any atom is 0.317 e. The van der Waals surface area contributed by atoms with E-state index in [1.807, 2.05) is 11.1 Å². The van der Waals surface area contributed by atoms with E-state index in [1.165, 1.54) is 17.5 Å². The second-order valence-corrected chi connectivity index (χ2v) is 8.29. The lowest BCUT2D eigenvalue weighted by Crippen LogP contribution is -2.46. The predicted octanol–water partition coefficient (Wildman–Crippen LogP) is 3.38. The van der Waals surface area contributed by atoms with E-state index < -0.39 is 0 Å². The third-order valence-corrected chi connectivity index (χ3v) is 6.83. The Morgan fingerprint density at radius 1 is 1.33 bits per heavy atom. The third kappa shape index (κ3) is 2.93. The van der Waals surface area contributed by atoms with Gasteiger partial charge in [-0.2, -0.15) is 0 Å². The number of nitrogens with one attached hydrogen (secondary N) is 1. The zero-order chi connectivity index (χ0) is 18.4. The van der Waals surface area contributed by atoms with Crippen LogP contribution in [-0.2, 0) is 12.8 Å². The van der Waals surface area contributed by atoms with Gasteiger partial charge in [-0.05, 0) is 48.1 Å². The van der Waals surface area contributed by atoms with E-state index in [0.29, 0.717) is 17.9 Å². The molecule has 0 bridgehead atoms. The molecular formula is C22H28N4O. The Hall–Kier alpha value is -2.30. The van der Waals surface area contributed by atoms with Gasteiger partial charge in [-0.25, -0.2) is 9.78 Å². The zero-order valence-corrected chi connectivity index (χ0v) is 16.0. The Morgan fingerprint density at radius 2 is 2.22 bits per heavy atom. The van der Waals surface area contributed by atoms with Gasteiger partial charge in [-0.1, -0.05) is 31.2 Å². The molecule has 5 nitrogen and oxygen atoms in total. The fourth-order valence-corrected chi connectivity index (χ4v) is 5.40. The summed E-state index contributed by atoms with van der Waals surface area (Å²) in [6.45, 7) is 4.60. The quantitative estimate of drug-likeness (QED) is 0.904. The molecule has 4 atom stereocenters. The lowest BCUT2D eigenvalue weighted by Gasteiger charge is -2.34. The number of hydrogen-bond acceptors (Lipinski definition) is 2. The average molecular weight is 364 g/mol. The van der Waals surface area contributed by atoms with Crippen LogP contribution >= 0.6 is 0 Å². The Balaban J connectivity index is 1.17. The first-order valence-electron chi connectivity index (χ1n) is 10.4. The first kappa shape index (κ1) is 16.8. The summed E-state index contributed by atoms with van der Waals surface area (Å²) in [6.07, 6.45) is 8.24. The molecule has 1 aromatic carbocycles. The number of imidazole rings is 1. The summed E-state index contributed by atoms with van der Waals surface area (Å²) in [6, 6.07) is 9.27. The van der Waals surface area contributed by atoms with Crippen molar-refractivity contribution < 1.29 is 4.79 Å². The van der Waals surface area contributed by atoms with E-state index in [-0.39, 0.29) is 6.03 Å². The van der Waals surface area contributed by atoms with Gasteiger partial charge in [0.1, 0.15) is 5.82 Å². The topological polar surface area (TPSA) is 50.2 Å². The minimum atomic E-state index is 0.108. The van der Waals surface area contributed by atoms with Crippen LogP contribution in [0.15, 0.2) is 36.7 Å². The molecule has 0 radical (unpaired) electrons. The van der Waals surface area contributed by atoms with Gasteiger partial charge in [-0.15, -0.1) is 0 Å². The van der Waals surface area contributed by atoms with E-state index in [4.69, 9.17) is 0 Å². The van der Waals surface area contributed by atoms with Crippen LogP contribution in [0.3, 0.4) is 0 Å². The van der Waals surface area contributed by atoms with Crippen LogP contribution in [0.1, 0.15) is 48.7 Å². The molecule has 1 aromatic heterocycles. The molecule has 2 fully saturated rings. The van der Waals surface area contributed by atoms with Crippen LogP contribution < -0.4 is 5.32 Å². The molecule has 5 rings (SSSR count). The number of fused-ring (bicyclic) bond motifs is 3. The summed E-state index contributed by atoms with van der Waals surface area (Å²) < 4.78 is 2.27. The minimum Gasteiger partial charge on any atom is -0.338 e. The molecule has 1 saturated heterocycles. The molecule has 5 heteroatoms. The number of carbonyl (C=O) groups excluding carboxylic acids is 1. The summed E-state index contributed by atoms with van der Waals surface area (Å²) in [5, 5.41) is 3.23. The van der Waals surface area contributed by atoms with E-state index >= 15 is 0 Å². The highest BCUT2D eigenvalue weighted by Gasteiger charge is 2.55. The van der Waals surface area contributed by atoms with Gasteiger partial charge in [0, 0.05) is 38.4 Å². The van der Waals surface area contributed by atoms with Crippen LogP contribution in [0.25, 0.3) is 0 Å². The van der Waals surface area contributed by atoms with Crippen molar-refractivity contribution in [1.82, 2.24) is 19.8 Å². The van der Waals surface area contributed by atoms with Gasteiger partial charge in [-0.3, -0.25) is 0 Å². The molecule has 4 unspecified atom stereocenters. The number of amides is 2. The summed E-state index contributed by atoms with van der Waals surface area (Å²) in [4.78, 5) is 19.2. The molecule has 2 aromatic rings. The molecule has 1 N–H and O–H groups in total. The van der Waals surface area contributed by atoms with Crippen molar-refractivity contribution in [2.24, 2.45) is 11.8 Å². The van der Waals surface area contributed by atoms with Gasteiger partial charge in [0.05, 0.1) is 6.04 Å². The van der Waals surface area contributed by atoms with Crippen molar-refractivity contribution in [3.05, 3.63) is 53.6 Å². The number of aromatic nitrogens is 2. The molecule has 27 heavy (non-hydrogen) atoms. The van der Waals surface area contributed by atoms with Gasteiger partial charge < -0.3 is 14.8 Å².